The first-order chi connectivity index (χ1) is 10.7. The van der Waals surface area contributed by atoms with Gasteiger partial charge in [-0.3, -0.25) is 9.59 Å². The highest BCUT2D eigenvalue weighted by Crippen LogP contribution is 2.16. The minimum absolute atomic E-state index is 0.0450. The molecule has 1 aliphatic rings. The van der Waals surface area contributed by atoms with E-state index < -0.39 is 0 Å². The number of carbonyl (C=O) groups excluding carboxylic acids is 2. The van der Waals surface area contributed by atoms with E-state index in [9.17, 15) is 9.59 Å². The van der Waals surface area contributed by atoms with Crippen molar-refractivity contribution in [2.75, 3.05) is 18.4 Å². The molecule has 0 bridgehead atoms. The Morgan fingerprint density at radius 2 is 1.73 bits per heavy atom. The number of hydrogen-bond donors (Lipinski definition) is 1. The van der Waals surface area contributed by atoms with Gasteiger partial charge in [0.2, 0.25) is 5.91 Å². The van der Waals surface area contributed by atoms with E-state index in [1.165, 1.54) is 6.42 Å². The van der Waals surface area contributed by atoms with Crippen LogP contribution in [-0.2, 0) is 4.79 Å². The van der Waals surface area contributed by atoms with Crippen LogP contribution in [0.25, 0.3) is 0 Å². The molecule has 0 aliphatic carbocycles. The van der Waals surface area contributed by atoms with Crippen molar-refractivity contribution in [2.24, 2.45) is 0 Å². The molecule has 1 saturated heterocycles. The van der Waals surface area contributed by atoms with Gasteiger partial charge in [-0.1, -0.05) is 19.8 Å². The maximum atomic E-state index is 12.3. The first-order valence-electron chi connectivity index (χ1n) is 8.40. The van der Waals surface area contributed by atoms with Crippen molar-refractivity contribution < 1.29 is 9.59 Å². The van der Waals surface area contributed by atoms with Crippen LogP contribution >= 0.6 is 0 Å². The summed E-state index contributed by atoms with van der Waals surface area (Å²) in [6, 6.07) is 7.24. The van der Waals surface area contributed by atoms with Crippen molar-refractivity contribution in [3.63, 3.8) is 0 Å². The predicted octanol–water partition coefficient (Wildman–Crippen LogP) is 3.83. The number of nitrogens with one attached hydrogen (secondary N) is 1. The third-order valence-electron chi connectivity index (χ3n) is 4.07. The standard InChI is InChI=1S/C18H26N2O2/c1-2-3-5-8-17(21)19-16-11-9-15(10-12-16)18(22)20-13-6-4-7-14-20/h9-12H,2-8,13-14H2,1H3,(H,19,21). The molecular weight excluding hydrogens is 276 g/mol. The Morgan fingerprint density at radius 3 is 2.36 bits per heavy atom. The molecule has 1 aliphatic heterocycles. The Hall–Kier alpha value is -1.84. The number of rotatable bonds is 6. The number of anilines is 1. The number of hydrogen-bond acceptors (Lipinski definition) is 2. The molecule has 1 heterocycles. The van der Waals surface area contributed by atoms with Crippen LogP contribution in [0.4, 0.5) is 5.69 Å². The molecule has 2 amide bonds. The fourth-order valence-corrected chi connectivity index (χ4v) is 2.73. The second kappa shape index (κ2) is 8.57. The van der Waals surface area contributed by atoms with Crippen molar-refractivity contribution in [3.8, 4) is 0 Å². The SMILES string of the molecule is CCCCCC(=O)Nc1ccc(C(=O)N2CCCCC2)cc1. The first-order valence-corrected chi connectivity index (χ1v) is 8.40. The average Bonchev–Trinajstić information content (AvgIpc) is 2.56. The molecular formula is C18H26N2O2. The smallest absolute Gasteiger partial charge is 0.253 e. The molecule has 0 aromatic heterocycles. The lowest BCUT2D eigenvalue weighted by atomic mass is 10.1. The van der Waals surface area contributed by atoms with Crippen molar-refractivity contribution in [1.82, 2.24) is 4.90 Å². The van der Waals surface area contributed by atoms with Crippen molar-refractivity contribution in [3.05, 3.63) is 29.8 Å². The molecule has 1 N–H and O–H groups in total. The van der Waals surface area contributed by atoms with E-state index in [0.29, 0.717) is 12.0 Å². The number of nitrogens with zero attached hydrogens (tertiary/aromatic N) is 1. The Balaban J connectivity index is 1.86. The van der Waals surface area contributed by atoms with Crippen molar-refractivity contribution >= 4 is 17.5 Å². The lowest BCUT2D eigenvalue weighted by molar-refractivity contribution is -0.116. The molecule has 0 unspecified atom stereocenters. The van der Waals surface area contributed by atoms with Gasteiger partial charge in [0.15, 0.2) is 0 Å². The predicted molar refractivity (Wildman–Crippen MR) is 89.0 cm³/mol. The Morgan fingerprint density at radius 1 is 1.05 bits per heavy atom. The molecule has 0 spiro atoms. The van der Waals surface area contributed by atoms with E-state index >= 15 is 0 Å². The Bertz CT molecular complexity index is 490. The maximum Gasteiger partial charge on any atom is 0.253 e. The highest BCUT2D eigenvalue weighted by Gasteiger charge is 2.17. The fourth-order valence-electron chi connectivity index (χ4n) is 2.73. The summed E-state index contributed by atoms with van der Waals surface area (Å²) in [5.41, 5.74) is 1.46. The van der Waals surface area contributed by atoms with Gasteiger partial charge in [0.1, 0.15) is 0 Å². The van der Waals surface area contributed by atoms with E-state index in [-0.39, 0.29) is 11.8 Å². The zero-order valence-electron chi connectivity index (χ0n) is 13.4. The minimum Gasteiger partial charge on any atom is -0.339 e. The van der Waals surface area contributed by atoms with Crippen molar-refractivity contribution in [1.29, 1.82) is 0 Å². The molecule has 1 fully saturated rings. The average molecular weight is 302 g/mol. The third-order valence-corrected chi connectivity index (χ3v) is 4.07. The summed E-state index contributed by atoms with van der Waals surface area (Å²) >= 11 is 0. The van der Waals surface area contributed by atoms with Gasteiger partial charge in [0, 0.05) is 30.8 Å². The zero-order chi connectivity index (χ0) is 15.8. The van der Waals surface area contributed by atoms with Crippen LogP contribution < -0.4 is 5.32 Å². The van der Waals surface area contributed by atoms with Gasteiger partial charge < -0.3 is 10.2 Å². The molecule has 2 rings (SSSR count). The number of unbranched alkanes of at least 4 members (excludes halogenated alkanes) is 2. The fraction of sp³-hybridized carbons (Fsp3) is 0.556. The van der Waals surface area contributed by atoms with Crippen LogP contribution in [-0.4, -0.2) is 29.8 Å². The number of benzene rings is 1. The van der Waals surface area contributed by atoms with Crippen LogP contribution in [0, 0.1) is 0 Å². The number of carbonyl (C=O) groups is 2. The van der Waals surface area contributed by atoms with Gasteiger partial charge in [-0.25, -0.2) is 0 Å². The maximum absolute atomic E-state index is 12.3. The second-order valence-corrected chi connectivity index (χ2v) is 5.94. The van der Waals surface area contributed by atoms with Gasteiger partial charge in [-0.05, 0) is 49.9 Å². The van der Waals surface area contributed by atoms with Gasteiger partial charge in [0.05, 0.1) is 0 Å². The topological polar surface area (TPSA) is 49.4 Å². The van der Waals surface area contributed by atoms with E-state index in [2.05, 4.69) is 12.2 Å². The van der Waals surface area contributed by atoms with Crippen LogP contribution in [0.5, 0.6) is 0 Å². The second-order valence-electron chi connectivity index (χ2n) is 5.94. The van der Waals surface area contributed by atoms with Crippen LogP contribution in [0.1, 0.15) is 62.2 Å². The lowest BCUT2D eigenvalue weighted by Gasteiger charge is -2.26. The first kappa shape index (κ1) is 16.5. The number of piperidine rings is 1. The molecule has 4 nitrogen and oxygen atoms in total. The molecule has 1 aromatic rings. The Kier molecular flexibility index (Phi) is 6.44. The largest absolute Gasteiger partial charge is 0.339 e. The molecule has 120 valence electrons. The van der Waals surface area contributed by atoms with Gasteiger partial charge >= 0.3 is 0 Å². The van der Waals surface area contributed by atoms with E-state index in [1.54, 1.807) is 12.1 Å². The quantitative estimate of drug-likeness (QED) is 0.812. The highest BCUT2D eigenvalue weighted by molar-refractivity contribution is 5.95. The van der Waals surface area contributed by atoms with Crippen LogP contribution in [0.15, 0.2) is 24.3 Å². The summed E-state index contributed by atoms with van der Waals surface area (Å²) < 4.78 is 0. The van der Waals surface area contributed by atoms with Gasteiger partial charge in [-0.15, -0.1) is 0 Å². The van der Waals surface area contributed by atoms with Gasteiger partial charge in [-0.2, -0.15) is 0 Å². The number of likely N-dealkylation sites (tertiary alicyclic amines) is 1. The summed E-state index contributed by atoms with van der Waals surface area (Å²) in [5.74, 6) is 0.143. The van der Waals surface area contributed by atoms with Crippen molar-refractivity contribution in [2.45, 2.75) is 51.9 Å². The molecule has 0 saturated carbocycles. The molecule has 4 heteroatoms. The minimum atomic E-state index is 0.0450. The van der Waals surface area contributed by atoms with Crippen LogP contribution in [0.2, 0.25) is 0 Å². The van der Waals surface area contributed by atoms with E-state index in [4.69, 9.17) is 0 Å². The normalized spacial score (nSPS) is 14.7. The summed E-state index contributed by atoms with van der Waals surface area (Å²) in [4.78, 5) is 26.0. The summed E-state index contributed by atoms with van der Waals surface area (Å²) in [6.45, 7) is 3.83. The monoisotopic (exact) mass is 302 g/mol. The molecule has 0 atom stereocenters. The summed E-state index contributed by atoms with van der Waals surface area (Å²) in [5, 5.41) is 2.88. The highest BCUT2D eigenvalue weighted by atomic mass is 16.2. The Labute approximate surface area is 132 Å². The summed E-state index contributed by atoms with van der Waals surface area (Å²) in [7, 11) is 0. The number of amides is 2. The van der Waals surface area contributed by atoms with Crippen LogP contribution in [0.3, 0.4) is 0 Å². The zero-order valence-corrected chi connectivity index (χ0v) is 13.4. The van der Waals surface area contributed by atoms with E-state index in [1.807, 2.05) is 17.0 Å². The molecule has 22 heavy (non-hydrogen) atoms. The van der Waals surface area contributed by atoms with Gasteiger partial charge in [0.25, 0.3) is 5.91 Å². The third kappa shape index (κ3) is 4.86. The summed E-state index contributed by atoms with van der Waals surface area (Å²) in [6.07, 6.45) is 7.08. The lowest BCUT2D eigenvalue weighted by Crippen LogP contribution is -2.35. The molecule has 0 radical (unpaired) electrons. The van der Waals surface area contributed by atoms with E-state index in [0.717, 1.165) is 50.9 Å². The molecule has 1 aromatic carbocycles.